The molecule has 3 N–H and O–H groups in total. The number of amides is 1. The van der Waals surface area contributed by atoms with Gasteiger partial charge < -0.3 is 11.1 Å². The zero-order chi connectivity index (χ0) is 9.56. The van der Waals surface area contributed by atoms with Crippen LogP contribution in [-0.2, 0) is 4.79 Å². The summed E-state index contributed by atoms with van der Waals surface area (Å²) in [5, 5.41) is 2.69. The molecule has 0 rings (SSSR count). The van der Waals surface area contributed by atoms with Gasteiger partial charge in [0.15, 0.2) is 0 Å². The number of terminal acetylenes is 1. The maximum atomic E-state index is 11.1. The van der Waals surface area contributed by atoms with Gasteiger partial charge in [-0.1, -0.05) is 12.8 Å². The molecule has 12 heavy (non-hydrogen) atoms. The first-order valence-electron chi connectivity index (χ1n) is 4.11. The van der Waals surface area contributed by atoms with E-state index in [-0.39, 0.29) is 18.0 Å². The Morgan fingerprint density at radius 2 is 2.33 bits per heavy atom. The molecular formula is C9H16N2O. The minimum absolute atomic E-state index is 0.0743. The van der Waals surface area contributed by atoms with Crippen LogP contribution in [0, 0.1) is 12.3 Å². The van der Waals surface area contributed by atoms with Gasteiger partial charge in [0.2, 0.25) is 5.91 Å². The van der Waals surface area contributed by atoms with Gasteiger partial charge in [0.25, 0.3) is 0 Å². The van der Waals surface area contributed by atoms with Gasteiger partial charge in [0, 0.05) is 12.5 Å². The summed E-state index contributed by atoms with van der Waals surface area (Å²) in [7, 11) is 0. The molecule has 0 aromatic carbocycles. The maximum Gasteiger partial charge on any atom is 0.222 e. The minimum Gasteiger partial charge on any atom is -0.342 e. The fraction of sp³-hybridized carbons (Fsp3) is 0.667. The highest BCUT2D eigenvalue weighted by molar-refractivity contribution is 5.77. The van der Waals surface area contributed by atoms with E-state index < -0.39 is 0 Å². The van der Waals surface area contributed by atoms with E-state index >= 15 is 0 Å². The highest BCUT2D eigenvalue weighted by Gasteiger charge is 2.08. The molecule has 0 aliphatic rings. The monoisotopic (exact) mass is 168 g/mol. The van der Waals surface area contributed by atoms with Crippen LogP contribution in [0.4, 0.5) is 0 Å². The van der Waals surface area contributed by atoms with E-state index in [1.807, 2.05) is 6.92 Å². The summed E-state index contributed by atoms with van der Waals surface area (Å²) in [5.41, 5.74) is 5.44. The zero-order valence-electron chi connectivity index (χ0n) is 7.63. The van der Waals surface area contributed by atoms with Crippen molar-refractivity contribution in [2.24, 2.45) is 5.73 Å². The molecule has 1 amide bonds. The molecule has 3 heteroatoms. The Labute approximate surface area is 73.7 Å². The largest absolute Gasteiger partial charge is 0.342 e. The summed E-state index contributed by atoms with van der Waals surface area (Å²) < 4.78 is 0. The average Bonchev–Trinajstić information content (AvgIpc) is 1.98. The van der Waals surface area contributed by atoms with Gasteiger partial charge in [0.1, 0.15) is 0 Å². The van der Waals surface area contributed by atoms with Crippen molar-refractivity contribution >= 4 is 5.91 Å². The van der Waals surface area contributed by atoms with Gasteiger partial charge in [-0.05, 0) is 13.3 Å². The molecule has 0 aliphatic carbocycles. The molecule has 2 unspecified atom stereocenters. The van der Waals surface area contributed by atoms with E-state index in [1.54, 1.807) is 6.92 Å². The van der Waals surface area contributed by atoms with E-state index in [1.165, 1.54) is 0 Å². The Bertz CT molecular complexity index is 181. The summed E-state index contributed by atoms with van der Waals surface area (Å²) in [6.07, 6.45) is 6.25. The smallest absolute Gasteiger partial charge is 0.222 e. The molecule has 0 aromatic heterocycles. The van der Waals surface area contributed by atoms with Gasteiger partial charge in [-0.3, -0.25) is 4.79 Å². The molecule has 3 nitrogen and oxygen atoms in total. The normalized spacial score (nSPS) is 14.5. The topological polar surface area (TPSA) is 55.1 Å². The summed E-state index contributed by atoms with van der Waals surface area (Å²) in [4.78, 5) is 11.1. The lowest BCUT2D eigenvalue weighted by atomic mass is 10.2. The molecule has 0 saturated carbocycles. The number of rotatable bonds is 4. The molecule has 0 aromatic rings. The van der Waals surface area contributed by atoms with Crippen molar-refractivity contribution in [1.82, 2.24) is 5.32 Å². The second-order valence-electron chi connectivity index (χ2n) is 2.88. The van der Waals surface area contributed by atoms with E-state index in [0.29, 0.717) is 6.42 Å². The van der Waals surface area contributed by atoms with Crippen molar-refractivity contribution in [3.63, 3.8) is 0 Å². The molecule has 0 spiro atoms. The number of hydrogen-bond donors (Lipinski definition) is 2. The highest BCUT2D eigenvalue weighted by atomic mass is 16.1. The summed E-state index contributed by atoms with van der Waals surface area (Å²) in [6, 6.07) is -0.267. The Morgan fingerprint density at radius 3 is 2.67 bits per heavy atom. The third-order valence-corrected chi connectivity index (χ3v) is 1.45. The summed E-state index contributed by atoms with van der Waals surface area (Å²) in [6.45, 7) is 3.72. The van der Waals surface area contributed by atoms with E-state index in [0.717, 1.165) is 6.42 Å². The fourth-order valence-corrected chi connectivity index (χ4v) is 0.807. The van der Waals surface area contributed by atoms with Gasteiger partial charge in [-0.25, -0.2) is 0 Å². The molecule has 0 radical (unpaired) electrons. The SMILES string of the molecule is C#CC(CC)NC(=O)CC(C)N. The summed E-state index contributed by atoms with van der Waals surface area (Å²) >= 11 is 0. The van der Waals surface area contributed by atoms with E-state index in [4.69, 9.17) is 12.2 Å². The third-order valence-electron chi connectivity index (χ3n) is 1.45. The Kier molecular flexibility index (Phi) is 5.14. The Hall–Kier alpha value is -1.01. The van der Waals surface area contributed by atoms with Crippen molar-refractivity contribution in [2.75, 3.05) is 0 Å². The molecule has 0 bridgehead atoms. The quantitative estimate of drug-likeness (QED) is 0.591. The first kappa shape index (κ1) is 11.0. The maximum absolute atomic E-state index is 11.1. The van der Waals surface area contributed by atoms with Gasteiger partial charge in [-0.15, -0.1) is 6.42 Å². The van der Waals surface area contributed by atoms with Crippen molar-refractivity contribution in [3.8, 4) is 12.3 Å². The third kappa shape index (κ3) is 4.75. The van der Waals surface area contributed by atoms with E-state index in [2.05, 4.69) is 11.2 Å². The Balaban J connectivity index is 3.76. The Morgan fingerprint density at radius 1 is 1.75 bits per heavy atom. The predicted molar refractivity (Wildman–Crippen MR) is 49.3 cm³/mol. The number of carbonyl (C=O) groups excluding carboxylic acids is 1. The molecular weight excluding hydrogens is 152 g/mol. The van der Waals surface area contributed by atoms with Crippen LogP contribution in [-0.4, -0.2) is 18.0 Å². The molecule has 68 valence electrons. The van der Waals surface area contributed by atoms with Crippen LogP contribution in [0.25, 0.3) is 0 Å². The number of carbonyl (C=O) groups is 1. The van der Waals surface area contributed by atoms with Gasteiger partial charge in [-0.2, -0.15) is 0 Å². The molecule has 0 aliphatic heterocycles. The van der Waals surface area contributed by atoms with Gasteiger partial charge in [0.05, 0.1) is 6.04 Å². The van der Waals surface area contributed by atoms with Crippen LogP contribution in [0.3, 0.4) is 0 Å². The molecule has 0 heterocycles. The number of hydrogen-bond acceptors (Lipinski definition) is 2. The number of nitrogens with two attached hydrogens (primary N) is 1. The minimum atomic E-state index is -0.156. The lowest BCUT2D eigenvalue weighted by Gasteiger charge is -2.11. The van der Waals surface area contributed by atoms with Crippen molar-refractivity contribution in [2.45, 2.75) is 38.8 Å². The van der Waals surface area contributed by atoms with E-state index in [9.17, 15) is 4.79 Å². The van der Waals surface area contributed by atoms with Gasteiger partial charge >= 0.3 is 0 Å². The first-order valence-corrected chi connectivity index (χ1v) is 4.11. The van der Waals surface area contributed by atoms with Crippen LogP contribution in [0.5, 0.6) is 0 Å². The number of nitrogens with one attached hydrogen (secondary N) is 1. The van der Waals surface area contributed by atoms with Crippen molar-refractivity contribution < 1.29 is 4.79 Å². The molecule has 0 saturated heterocycles. The summed E-state index contributed by atoms with van der Waals surface area (Å²) in [5.74, 6) is 2.41. The zero-order valence-corrected chi connectivity index (χ0v) is 7.63. The van der Waals surface area contributed by atoms with Crippen LogP contribution < -0.4 is 11.1 Å². The highest BCUT2D eigenvalue weighted by Crippen LogP contribution is 1.91. The predicted octanol–water partition coefficient (Wildman–Crippen LogP) is 0.252. The first-order chi connectivity index (χ1) is 5.60. The average molecular weight is 168 g/mol. The lowest BCUT2D eigenvalue weighted by molar-refractivity contribution is -0.121. The van der Waals surface area contributed by atoms with Crippen LogP contribution in [0.1, 0.15) is 26.7 Å². The van der Waals surface area contributed by atoms with Crippen LogP contribution in [0.15, 0.2) is 0 Å². The van der Waals surface area contributed by atoms with Crippen molar-refractivity contribution in [3.05, 3.63) is 0 Å². The lowest BCUT2D eigenvalue weighted by Crippen LogP contribution is -2.36. The second kappa shape index (κ2) is 5.62. The van der Waals surface area contributed by atoms with Crippen LogP contribution in [0.2, 0.25) is 0 Å². The fourth-order valence-electron chi connectivity index (χ4n) is 0.807. The van der Waals surface area contributed by atoms with Crippen molar-refractivity contribution in [1.29, 1.82) is 0 Å². The standard InChI is InChI=1S/C9H16N2O/c1-4-8(5-2)11-9(12)6-7(3)10/h1,7-8H,5-6,10H2,2-3H3,(H,11,12). The van der Waals surface area contributed by atoms with Crippen LogP contribution >= 0.6 is 0 Å². The molecule has 2 atom stereocenters. The molecule has 0 fully saturated rings. The second-order valence-corrected chi connectivity index (χ2v) is 2.88.